The average Bonchev–Trinajstić information content (AvgIpc) is 4.17. The molecular weight excluding hydrogens is 818 g/mol. The molecule has 0 bridgehead atoms. The Kier molecular flexibility index (Phi) is 32.4. The molecule has 0 aromatic carbocycles. The van der Waals surface area contributed by atoms with Crippen molar-refractivity contribution in [3.05, 3.63) is 0 Å². The Morgan fingerprint density at radius 1 is 0.492 bits per heavy atom. The van der Waals surface area contributed by atoms with Crippen molar-refractivity contribution in [2.24, 2.45) is 66.2 Å². The van der Waals surface area contributed by atoms with Crippen LogP contribution in [0.4, 0.5) is 18.0 Å². The summed E-state index contributed by atoms with van der Waals surface area (Å²) in [6.07, 6.45) is 21.8. The van der Waals surface area contributed by atoms with Crippen LogP contribution in [0.25, 0.3) is 0 Å². The molecule has 0 spiro atoms. The number of carboxylic acid groups (broad SMARTS) is 1. The highest BCUT2D eigenvalue weighted by Gasteiger charge is 2.38. The first-order valence-corrected chi connectivity index (χ1v) is 23.7. The Hall–Kier alpha value is -4.39. The standard InChI is InChI=1S/C41H84N14O.C2HF3O2/c42-37(43)48-25-13-7-11-19-31-54(29-17-9-3-1-5-15-27-50-39(46)52-33-35-21-22-35)41(56)55(32-20-12-8-14-26-49-38(44)45)30-18-10-4-2-6-16-28-51-40(47)53-34-36-23-24-36;3-2(4,5)1(6)7/h35-36H,1-34H2,(H4,42,43,48)(H4,44,45,49)(H3,46,50,52)(H3,47,51,53);(H,6,7). The van der Waals surface area contributed by atoms with E-state index in [-0.39, 0.29) is 18.0 Å². The van der Waals surface area contributed by atoms with Crippen LogP contribution < -0.4 is 45.0 Å². The number of carbonyl (C=O) groups is 2. The van der Waals surface area contributed by atoms with Crippen LogP contribution >= 0.6 is 0 Å². The first kappa shape index (κ1) is 56.6. The van der Waals surface area contributed by atoms with E-state index in [1.807, 2.05) is 0 Å². The highest BCUT2D eigenvalue weighted by atomic mass is 19.4. The zero-order valence-electron chi connectivity index (χ0n) is 38.2. The van der Waals surface area contributed by atoms with E-state index >= 15 is 0 Å². The SMILES string of the molecule is NC(N)=NCCCCCCN(CCCCCCCCNC(N)=NCC1CC1)C(=O)N(CCCCCCCCNC(N)=NCC1CC1)CCCCCCN=C(N)N.O=C(O)C(F)(F)F. The van der Waals surface area contributed by atoms with E-state index < -0.39 is 12.1 Å². The lowest BCUT2D eigenvalue weighted by molar-refractivity contribution is -0.192. The van der Waals surface area contributed by atoms with Crippen molar-refractivity contribution in [2.45, 2.75) is 160 Å². The van der Waals surface area contributed by atoms with E-state index in [9.17, 15) is 18.0 Å². The molecular formula is C43H85F3N14O3. The van der Waals surface area contributed by atoms with Crippen LogP contribution in [0.5, 0.6) is 0 Å². The van der Waals surface area contributed by atoms with Crippen molar-refractivity contribution in [1.29, 1.82) is 0 Å². The van der Waals surface area contributed by atoms with Gasteiger partial charge in [-0.2, -0.15) is 13.2 Å². The molecule has 2 aliphatic rings. The number of aliphatic imine (C=N–C) groups is 4. The number of carboxylic acids is 1. The molecule has 2 aliphatic carbocycles. The van der Waals surface area contributed by atoms with Crippen molar-refractivity contribution in [3.8, 4) is 0 Å². The fourth-order valence-corrected chi connectivity index (χ4v) is 6.63. The van der Waals surface area contributed by atoms with Gasteiger partial charge >= 0.3 is 18.2 Å². The molecule has 0 heterocycles. The number of urea groups is 1. The maximum Gasteiger partial charge on any atom is 0.490 e. The maximum absolute atomic E-state index is 14.2. The summed E-state index contributed by atoms with van der Waals surface area (Å²) in [6.45, 7) is 7.99. The molecule has 0 unspecified atom stereocenters. The third-order valence-corrected chi connectivity index (χ3v) is 10.8. The highest BCUT2D eigenvalue weighted by molar-refractivity contribution is 5.78. The van der Waals surface area contributed by atoms with E-state index in [0.717, 1.165) is 154 Å². The normalized spacial score (nSPS) is 14.0. The Balaban J connectivity index is 0.00000260. The lowest BCUT2D eigenvalue weighted by Crippen LogP contribution is -2.45. The fraction of sp³-hybridized carbons (Fsp3) is 0.860. The predicted molar refractivity (Wildman–Crippen MR) is 250 cm³/mol. The number of nitrogens with one attached hydrogen (secondary N) is 2. The molecule has 0 radical (unpaired) electrons. The monoisotopic (exact) mass is 903 g/mol. The number of hydrogen-bond donors (Lipinski definition) is 9. The molecule has 17 nitrogen and oxygen atoms in total. The van der Waals surface area contributed by atoms with Gasteiger partial charge in [0.2, 0.25) is 0 Å². The van der Waals surface area contributed by atoms with Gasteiger partial charge in [-0.25, -0.2) is 9.59 Å². The number of carbonyl (C=O) groups excluding carboxylic acids is 1. The number of nitrogens with two attached hydrogens (primary N) is 6. The summed E-state index contributed by atoms with van der Waals surface area (Å²) < 4.78 is 31.7. The summed E-state index contributed by atoms with van der Waals surface area (Å²) in [6, 6.07) is 0.199. The van der Waals surface area contributed by atoms with Crippen LogP contribution in [0, 0.1) is 11.8 Å². The van der Waals surface area contributed by atoms with Gasteiger partial charge in [0.1, 0.15) is 0 Å². The van der Waals surface area contributed by atoms with Gasteiger partial charge in [-0.1, -0.05) is 77.0 Å². The third-order valence-electron chi connectivity index (χ3n) is 10.8. The average molecular weight is 903 g/mol. The van der Waals surface area contributed by atoms with Crippen LogP contribution in [0.3, 0.4) is 0 Å². The minimum atomic E-state index is -5.08. The van der Waals surface area contributed by atoms with Crippen LogP contribution in [0.15, 0.2) is 20.0 Å². The second-order valence-electron chi connectivity index (χ2n) is 16.9. The van der Waals surface area contributed by atoms with E-state index in [1.54, 1.807) is 0 Å². The van der Waals surface area contributed by atoms with E-state index in [0.29, 0.717) is 25.0 Å². The molecule has 2 saturated carbocycles. The van der Waals surface area contributed by atoms with Crippen molar-refractivity contribution < 1.29 is 27.9 Å². The van der Waals surface area contributed by atoms with Crippen LogP contribution in [0.2, 0.25) is 0 Å². The Morgan fingerprint density at radius 3 is 1.06 bits per heavy atom. The second kappa shape index (κ2) is 36.0. The number of nitrogens with zero attached hydrogens (tertiary/aromatic N) is 6. The second-order valence-corrected chi connectivity index (χ2v) is 16.9. The molecule has 63 heavy (non-hydrogen) atoms. The lowest BCUT2D eigenvalue weighted by Gasteiger charge is -2.31. The number of rotatable bonds is 36. The van der Waals surface area contributed by atoms with Crippen molar-refractivity contribution >= 4 is 35.8 Å². The van der Waals surface area contributed by atoms with Crippen LogP contribution in [-0.4, -0.2) is 122 Å². The molecule has 15 N–H and O–H groups in total. The summed E-state index contributed by atoms with van der Waals surface area (Å²) in [7, 11) is 0. The molecule has 0 aromatic rings. The van der Waals surface area contributed by atoms with Crippen molar-refractivity contribution in [2.75, 3.05) is 65.4 Å². The largest absolute Gasteiger partial charge is 0.490 e. The molecule has 2 fully saturated rings. The number of halogens is 3. The van der Waals surface area contributed by atoms with Gasteiger partial charge in [0.05, 0.1) is 0 Å². The van der Waals surface area contributed by atoms with Gasteiger partial charge in [0.15, 0.2) is 23.8 Å². The zero-order valence-corrected chi connectivity index (χ0v) is 38.2. The summed E-state index contributed by atoms with van der Waals surface area (Å²) >= 11 is 0. The van der Waals surface area contributed by atoms with Crippen molar-refractivity contribution in [1.82, 2.24) is 20.4 Å². The third kappa shape index (κ3) is 36.8. The summed E-state index contributed by atoms with van der Waals surface area (Å²) in [5.41, 5.74) is 33.9. The topological polar surface area (TPSA) is 290 Å². The quantitative estimate of drug-likeness (QED) is 0.0220. The number of guanidine groups is 4. The molecule has 2 amide bonds. The first-order chi connectivity index (χ1) is 30.2. The van der Waals surface area contributed by atoms with E-state index in [4.69, 9.17) is 44.3 Å². The smallest absolute Gasteiger partial charge is 0.475 e. The summed E-state index contributed by atoms with van der Waals surface area (Å²) in [5.74, 6) is 0.221. The number of hydrogen-bond acceptors (Lipinski definition) is 6. The predicted octanol–water partition coefficient (Wildman–Crippen LogP) is 5.32. The minimum absolute atomic E-state index is 0.147. The molecule has 0 atom stereocenters. The van der Waals surface area contributed by atoms with Gasteiger partial charge in [0.25, 0.3) is 0 Å². The summed E-state index contributed by atoms with van der Waals surface area (Å²) in [5, 5.41) is 13.6. The Labute approximate surface area is 375 Å². The molecule has 366 valence electrons. The van der Waals surface area contributed by atoms with Crippen molar-refractivity contribution in [3.63, 3.8) is 0 Å². The van der Waals surface area contributed by atoms with Gasteiger partial charge in [0, 0.05) is 65.4 Å². The highest BCUT2D eigenvalue weighted by Crippen LogP contribution is 2.29. The fourth-order valence-electron chi connectivity index (χ4n) is 6.63. The van der Waals surface area contributed by atoms with Gasteiger partial charge in [-0.15, -0.1) is 0 Å². The van der Waals surface area contributed by atoms with Crippen LogP contribution in [-0.2, 0) is 4.79 Å². The molecule has 2 rings (SSSR count). The van der Waals surface area contributed by atoms with E-state index in [1.165, 1.54) is 64.2 Å². The van der Waals surface area contributed by atoms with Gasteiger partial charge < -0.3 is 59.9 Å². The molecule has 0 aliphatic heterocycles. The summed E-state index contributed by atoms with van der Waals surface area (Å²) in [4.78, 5) is 44.4. The number of unbranched alkanes of at least 4 members (excludes halogenated alkanes) is 16. The number of alkyl halides is 3. The van der Waals surface area contributed by atoms with Crippen LogP contribution in [0.1, 0.15) is 154 Å². The lowest BCUT2D eigenvalue weighted by atomic mass is 10.1. The Morgan fingerprint density at radius 2 is 0.778 bits per heavy atom. The number of aliphatic carboxylic acids is 1. The van der Waals surface area contributed by atoms with E-state index in [2.05, 4.69) is 40.4 Å². The number of amides is 2. The Bertz CT molecular complexity index is 1240. The molecule has 20 heteroatoms. The van der Waals surface area contributed by atoms with Gasteiger partial charge in [-0.05, 0) is 88.9 Å². The molecule has 0 aromatic heterocycles. The maximum atomic E-state index is 14.2. The minimum Gasteiger partial charge on any atom is -0.475 e. The first-order valence-electron chi connectivity index (χ1n) is 23.7. The zero-order chi connectivity index (χ0) is 46.6. The van der Waals surface area contributed by atoms with Gasteiger partial charge in [-0.3, -0.25) is 20.0 Å². The molecule has 0 saturated heterocycles.